The molecule has 0 saturated heterocycles. The lowest BCUT2D eigenvalue weighted by Crippen LogP contribution is -2.28. The maximum Gasteiger partial charge on any atom is 0.471 e. The second kappa shape index (κ2) is 7.11. The molecule has 24 heavy (non-hydrogen) atoms. The number of carbonyl (C=O) groups excluding carboxylic acids is 1. The quantitative estimate of drug-likeness (QED) is 0.666. The lowest BCUT2D eigenvalue weighted by molar-refractivity contribution is -0.159. The summed E-state index contributed by atoms with van der Waals surface area (Å²) in [6, 6.07) is 5.74. The van der Waals surface area contributed by atoms with Crippen LogP contribution in [0.2, 0.25) is 0 Å². The van der Waals surface area contributed by atoms with E-state index in [0.29, 0.717) is 16.8 Å². The van der Waals surface area contributed by atoms with Crippen LogP contribution in [-0.4, -0.2) is 35.4 Å². The van der Waals surface area contributed by atoms with Gasteiger partial charge in [0, 0.05) is 11.1 Å². The molecule has 0 saturated carbocycles. The molecule has 1 N–H and O–H groups in total. The zero-order chi connectivity index (χ0) is 17.7. The van der Waals surface area contributed by atoms with Gasteiger partial charge < -0.3 is 14.7 Å². The van der Waals surface area contributed by atoms with Gasteiger partial charge in [-0.1, -0.05) is 22.4 Å². The molecule has 0 aliphatic heterocycles. The first-order valence-corrected chi connectivity index (χ1v) is 6.67. The van der Waals surface area contributed by atoms with Gasteiger partial charge in [-0.25, -0.2) is 0 Å². The summed E-state index contributed by atoms with van der Waals surface area (Å²) in [6.45, 7) is 1.88. The van der Waals surface area contributed by atoms with Gasteiger partial charge in [0.25, 0.3) is 5.91 Å². The Morgan fingerprint density at radius 2 is 2.00 bits per heavy atom. The van der Waals surface area contributed by atoms with E-state index in [9.17, 15) is 18.0 Å². The molecule has 7 nitrogen and oxygen atoms in total. The van der Waals surface area contributed by atoms with E-state index in [0.717, 1.165) is 0 Å². The Morgan fingerprint density at radius 1 is 1.33 bits per heavy atom. The highest BCUT2D eigenvalue weighted by molar-refractivity contribution is 5.97. The minimum atomic E-state index is -4.70. The maximum absolute atomic E-state index is 12.4. The van der Waals surface area contributed by atoms with E-state index >= 15 is 0 Å². The molecular weight excluding hydrogens is 329 g/mol. The molecule has 1 aromatic heterocycles. The van der Waals surface area contributed by atoms with Crippen molar-refractivity contribution in [1.29, 1.82) is 0 Å². The van der Waals surface area contributed by atoms with Crippen molar-refractivity contribution in [3.63, 3.8) is 0 Å². The van der Waals surface area contributed by atoms with Gasteiger partial charge in [0.2, 0.25) is 5.82 Å². The molecule has 1 heterocycles. The first kappa shape index (κ1) is 17.4. The monoisotopic (exact) mass is 342 g/mol. The van der Waals surface area contributed by atoms with Crippen LogP contribution in [0.3, 0.4) is 0 Å². The fraction of sp³-hybridized carbons (Fsp3) is 0.286. The topological polar surface area (TPSA) is 89.6 Å². The number of oxime groups is 1. The molecule has 1 aromatic carbocycles. The zero-order valence-corrected chi connectivity index (χ0v) is 12.7. The van der Waals surface area contributed by atoms with Gasteiger partial charge in [-0.2, -0.15) is 18.2 Å². The summed E-state index contributed by atoms with van der Waals surface area (Å²) in [6.07, 6.45) is -4.70. The van der Waals surface area contributed by atoms with Crippen molar-refractivity contribution in [3.05, 3.63) is 35.7 Å². The van der Waals surface area contributed by atoms with Crippen molar-refractivity contribution in [2.45, 2.75) is 13.1 Å². The third kappa shape index (κ3) is 4.31. The van der Waals surface area contributed by atoms with Gasteiger partial charge in [-0.3, -0.25) is 4.79 Å². The van der Waals surface area contributed by atoms with Gasteiger partial charge in [-0.05, 0) is 19.1 Å². The van der Waals surface area contributed by atoms with Gasteiger partial charge in [0.05, 0.1) is 12.3 Å². The molecule has 2 rings (SSSR count). The molecule has 10 heteroatoms. The Labute approximate surface area is 134 Å². The summed E-state index contributed by atoms with van der Waals surface area (Å²) in [7, 11) is 1.40. The van der Waals surface area contributed by atoms with E-state index in [2.05, 4.69) is 30.0 Å². The van der Waals surface area contributed by atoms with E-state index in [1.165, 1.54) is 31.4 Å². The number of amides is 1. The number of nitrogens with zero attached hydrogens (tertiary/aromatic N) is 3. The van der Waals surface area contributed by atoms with Crippen LogP contribution in [0, 0.1) is 0 Å². The van der Waals surface area contributed by atoms with Crippen LogP contribution in [0.5, 0.6) is 0 Å². The number of hydrogen-bond acceptors (Lipinski definition) is 6. The maximum atomic E-state index is 12.4. The van der Waals surface area contributed by atoms with Crippen LogP contribution in [0.4, 0.5) is 13.2 Å². The number of aromatic nitrogens is 2. The summed E-state index contributed by atoms with van der Waals surface area (Å²) in [5, 5.41) is 9.54. The van der Waals surface area contributed by atoms with Crippen molar-refractivity contribution in [2.75, 3.05) is 13.7 Å². The van der Waals surface area contributed by atoms with Crippen LogP contribution in [0.25, 0.3) is 11.4 Å². The number of carbonyl (C=O) groups is 1. The third-order valence-corrected chi connectivity index (χ3v) is 2.83. The van der Waals surface area contributed by atoms with Crippen LogP contribution >= 0.6 is 0 Å². The smallest absolute Gasteiger partial charge is 0.399 e. The van der Waals surface area contributed by atoms with Gasteiger partial charge >= 0.3 is 12.1 Å². The molecule has 0 unspecified atom stereocenters. The number of hydrogen-bond donors (Lipinski definition) is 1. The summed E-state index contributed by atoms with van der Waals surface area (Å²) < 4.78 is 41.4. The minimum absolute atomic E-state index is 0.203. The molecule has 1 amide bonds. The average Bonchev–Trinajstić information content (AvgIpc) is 3.03. The lowest BCUT2D eigenvalue weighted by Gasteiger charge is -2.05. The Balaban J connectivity index is 2.06. The molecule has 0 fully saturated rings. The van der Waals surface area contributed by atoms with E-state index in [1.807, 2.05) is 0 Å². The largest absolute Gasteiger partial charge is 0.471 e. The Bertz CT molecular complexity index is 738. The summed E-state index contributed by atoms with van der Waals surface area (Å²) in [5.74, 6) is -2.00. The second-order valence-electron chi connectivity index (χ2n) is 4.69. The SMILES string of the molecule is CO/N=C(\C)CNC(=O)c1ccc(-c2noc(C(F)(F)F)n2)cc1. The van der Waals surface area contributed by atoms with Crippen LogP contribution in [-0.2, 0) is 11.0 Å². The normalized spacial score (nSPS) is 12.1. The first-order chi connectivity index (χ1) is 11.3. The highest BCUT2D eigenvalue weighted by atomic mass is 19.4. The average molecular weight is 342 g/mol. The molecule has 2 aromatic rings. The highest BCUT2D eigenvalue weighted by Gasteiger charge is 2.38. The molecular formula is C14H13F3N4O3. The van der Waals surface area contributed by atoms with Crippen molar-refractivity contribution in [2.24, 2.45) is 5.16 Å². The molecule has 0 radical (unpaired) electrons. The molecule has 128 valence electrons. The van der Waals surface area contributed by atoms with Gasteiger partial charge in [-0.15, -0.1) is 0 Å². The number of alkyl halides is 3. The van der Waals surface area contributed by atoms with Crippen molar-refractivity contribution in [3.8, 4) is 11.4 Å². The van der Waals surface area contributed by atoms with E-state index in [4.69, 9.17) is 0 Å². The molecule has 0 atom stereocenters. The molecule has 0 bridgehead atoms. The molecule has 0 spiro atoms. The Morgan fingerprint density at radius 3 is 2.54 bits per heavy atom. The molecule has 0 aliphatic carbocycles. The van der Waals surface area contributed by atoms with Crippen molar-refractivity contribution in [1.82, 2.24) is 15.5 Å². The minimum Gasteiger partial charge on any atom is -0.399 e. The number of rotatable bonds is 5. The molecule has 0 aliphatic rings. The summed E-state index contributed by atoms with van der Waals surface area (Å²) >= 11 is 0. The fourth-order valence-corrected chi connectivity index (χ4v) is 1.72. The standard InChI is InChI=1S/C14H13F3N4O3/c1-8(20-23-2)7-18-12(22)10-5-3-9(4-6-10)11-19-13(24-21-11)14(15,16)17/h3-6H,7H2,1-2H3,(H,18,22)/b20-8+. The van der Waals surface area contributed by atoms with E-state index < -0.39 is 12.1 Å². The van der Waals surface area contributed by atoms with Crippen LogP contribution in [0.15, 0.2) is 33.9 Å². The number of halogens is 3. The Hall–Kier alpha value is -2.91. The fourth-order valence-electron chi connectivity index (χ4n) is 1.72. The Kier molecular flexibility index (Phi) is 5.17. The predicted octanol–water partition coefficient (Wildman–Crippen LogP) is 2.51. The zero-order valence-electron chi connectivity index (χ0n) is 12.7. The highest BCUT2D eigenvalue weighted by Crippen LogP contribution is 2.29. The first-order valence-electron chi connectivity index (χ1n) is 6.67. The predicted molar refractivity (Wildman–Crippen MR) is 77.2 cm³/mol. The number of benzene rings is 1. The van der Waals surface area contributed by atoms with Gasteiger partial charge in [0.15, 0.2) is 0 Å². The van der Waals surface area contributed by atoms with Crippen molar-refractivity contribution < 1.29 is 27.3 Å². The van der Waals surface area contributed by atoms with Crippen molar-refractivity contribution >= 4 is 11.6 Å². The van der Waals surface area contributed by atoms with Crippen LogP contribution in [0.1, 0.15) is 23.2 Å². The second-order valence-corrected chi connectivity index (χ2v) is 4.69. The van der Waals surface area contributed by atoms with E-state index in [1.54, 1.807) is 6.92 Å². The lowest BCUT2D eigenvalue weighted by atomic mass is 10.1. The summed E-state index contributed by atoms with van der Waals surface area (Å²) in [4.78, 5) is 19.8. The third-order valence-electron chi connectivity index (χ3n) is 2.83. The van der Waals surface area contributed by atoms with Gasteiger partial charge in [0.1, 0.15) is 7.11 Å². The van der Waals surface area contributed by atoms with E-state index in [-0.39, 0.29) is 18.3 Å². The summed E-state index contributed by atoms with van der Waals surface area (Å²) in [5.41, 5.74) is 1.19. The van der Waals surface area contributed by atoms with Crippen LogP contribution < -0.4 is 5.32 Å². The number of nitrogens with one attached hydrogen (secondary N) is 1.